The lowest BCUT2D eigenvalue weighted by molar-refractivity contribution is 0.306. The number of aryl methyl sites for hydroxylation is 1. The molecule has 0 radical (unpaired) electrons. The van der Waals surface area contributed by atoms with E-state index in [4.69, 9.17) is 27.9 Å². The Hall–Kier alpha value is -2.54. The van der Waals surface area contributed by atoms with Crippen LogP contribution in [0.25, 0.3) is 0 Å². The maximum absolute atomic E-state index is 12.4. The van der Waals surface area contributed by atoms with Gasteiger partial charge in [0.2, 0.25) is 0 Å². The fraction of sp³-hybridized carbons (Fsp3) is 0.0952. The summed E-state index contributed by atoms with van der Waals surface area (Å²) in [4.78, 5) is 2.30. The van der Waals surface area contributed by atoms with Crippen LogP contribution in [0, 0.1) is 6.92 Å². The first kappa shape index (κ1) is 21.2. The largest absolute Gasteiger partial charge is 0.487 e. The van der Waals surface area contributed by atoms with E-state index < -0.39 is 10.0 Å². The number of sulfonamides is 1. The van der Waals surface area contributed by atoms with E-state index in [2.05, 4.69) is 9.93 Å². The van der Waals surface area contributed by atoms with Gasteiger partial charge in [0.1, 0.15) is 12.4 Å². The van der Waals surface area contributed by atoms with Crippen LogP contribution in [-0.2, 0) is 16.6 Å². The SMILES string of the molecule is Cc1ccc(S(=O)(=O)N/N=C\c2cc(Cl)cc(Cl)c2OCc2ccccc2)cc1. The lowest BCUT2D eigenvalue weighted by Crippen LogP contribution is -2.18. The van der Waals surface area contributed by atoms with E-state index in [1.165, 1.54) is 18.3 Å². The molecule has 0 fully saturated rings. The minimum Gasteiger partial charge on any atom is -0.487 e. The van der Waals surface area contributed by atoms with Crippen LogP contribution in [0.15, 0.2) is 76.7 Å². The van der Waals surface area contributed by atoms with Crippen molar-refractivity contribution < 1.29 is 13.2 Å². The van der Waals surface area contributed by atoms with Crippen molar-refractivity contribution in [3.05, 3.63) is 93.5 Å². The number of hydrogen-bond acceptors (Lipinski definition) is 4. The van der Waals surface area contributed by atoms with Crippen molar-refractivity contribution in [2.75, 3.05) is 0 Å². The summed E-state index contributed by atoms with van der Waals surface area (Å²) in [7, 11) is -3.79. The molecule has 0 aliphatic rings. The summed E-state index contributed by atoms with van der Waals surface area (Å²) < 4.78 is 30.5. The lowest BCUT2D eigenvalue weighted by atomic mass is 10.2. The zero-order valence-electron chi connectivity index (χ0n) is 15.5. The van der Waals surface area contributed by atoms with Crippen molar-refractivity contribution in [3.63, 3.8) is 0 Å². The number of benzene rings is 3. The molecule has 1 N–H and O–H groups in total. The normalized spacial score (nSPS) is 11.6. The quantitative estimate of drug-likeness (QED) is 0.399. The fourth-order valence-electron chi connectivity index (χ4n) is 2.49. The summed E-state index contributed by atoms with van der Waals surface area (Å²) in [5.74, 6) is 0.359. The predicted molar refractivity (Wildman–Crippen MR) is 116 cm³/mol. The van der Waals surface area contributed by atoms with Gasteiger partial charge >= 0.3 is 0 Å². The number of hydrazone groups is 1. The second-order valence-corrected chi connectivity index (χ2v) is 8.75. The smallest absolute Gasteiger partial charge is 0.276 e. The van der Waals surface area contributed by atoms with Gasteiger partial charge in [0.15, 0.2) is 0 Å². The summed E-state index contributed by atoms with van der Waals surface area (Å²) in [6.07, 6.45) is 1.31. The third kappa shape index (κ3) is 5.73. The van der Waals surface area contributed by atoms with Crippen molar-refractivity contribution in [3.8, 4) is 5.75 Å². The third-order valence-electron chi connectivity index (χ3n) is 3.97. The van der Waals surface area contributed by atoms with Crippen molar-refractivity contribution in [1.82, 2.24) is 4.83 Å². The van der Waals surface area contributed by atoms with Crippen LogP contribution < -0.4 is 9.57 Å². The van der Waals surface area contributed by atoms with Gasteiger partial charge in [0.25, 0.3) is 10.0 Å². The molecule has 0 spiro atoms. The molecule has 0 saturated carbocycles. The molecule has 0 bridgehead atoms. The van der Waals surface area contributed by atoms with Crippen molar-refractivity contribution >= 4 is 39.4 Å². The van der Waals surface area contributed by atoms with Gasteiger partial charge in [-0.25, -0.2) is 4.83 Å². The molecule has 0 amide bonds. The minimum absolute atomic E-state index is 0.116. The summed E-state index contributed by atoms with van der Waals surface area (Å²) in [6, 6.07) is 19.2. The first-order chi connectivity index (χ1) is 13.8. The van der Waals surface area contributed by atoms with Gasteiger partial charge in [-0.3, -0.25) is 0 Å². The molecule has 3 aromatic carbocycles. The van der Waals surface area contributed by atoms with E-state index in [-0.39, 0.29) is 11.5 Å². The van der Waals surface area contributed by atoms with E-state index in [0.717, 1.165) is 11.1 Å². The fourth-order valence-corrected chi connectivity index (χ4v) is 3.85. The Morgan fingerprint density at radius 2 is 1.72 bits per heavy atom. The van der Waals surface area contributed by atoms with Crippen LogP contribution in [0.5, 0.6) is 5.75 Å². The molecular formula is C21H18Cl2N2O3S. The maximum Gasteiger partial charge on any atom is 0.276 e. The van der Waals surface area contributed by atoms with Crippen molar-refractivity contribution in [2.24, 2.45) is 5.10 Å². The molecule has 29 heavy (non-hydrogen) atoms. The van der Waals surface area contributed by atoms with Gasteiger partial charge in [-0.2, -0.15) is 13.5 Å². The van der Waals surface area contributed by atoms with Crippen LogP contribution in [0.1, 0.15) is 16.7 Å². The number of hydrogen-bond donors (Lipinski definition) is 1. The predicted octanol–water partition coefficient (Wildman–Crippen LogP) is 5.19. The van der Waals surface area contributed by atoms with Crippen LogP contribution in [0.2, 0.25) is 10.0 Å². The number of ether oxygens (including phenoxy) is 1. The Morgan fingerprint density at radius 3 is 2.41 bits per heavy atom. The number of rotatable bonds is 7. The van der Waals surface area contributed by atoms with E-state index in [1.807, 2.05) is 37.3 Å². The molecule has 8 heteroatoms. The average molecular weight is 449 g/mol. The highest BCUT2D eigenvalue weighted by atomic mass is 35.5. The monoisotopic (exact) mass is 448 g/mol. The zero-order chi connectivity index (χ0) is 20.9. The summed E-state index contributed by atoms with van der Waals surface area (Å²) >= 11 is 12.3. The van der Waals surface area contributed by atoms with Crippen molar-refractivity contribution in [1.29, 1.82) is 0 Å². The average Bonchev–Trinajstić information content (AvgIpc) is 2.68. The van der Waals surface area contributed by atoms with E-state index in [1.54, 1.807) is 24.3 Å². The Bertz CT molecular complexity index is 1120. The molecule has 0 aliphatic heterocycles. The summed E-state index contributed by atoms with van der Waals surface area (Å²) in [5.41, 5.74) is 2.37. The van der Waals surface area contributed by atoms with Crippen molar-refractivity contribution in [2.45, 2.75) is 18.4 Å². The third-order valence-corrected chi connectivity index (χ3v) is 5.71. The molecule has 5 nitrogen and oxygen atoms in total. The summed E-state index contributed by atoms with van der Waals surface area (Å²) in [6.45, 7) is 2.17. The van der Waals surface area contributed by atoms with E-state index in [9.17, 15) is 8.42 Å². The van der Waals surface area contributed by atoms with Crippen LogP contribution in [0.4, 0.5) is 0 Å². The Balaban J connectivity index is 1.79. The van der Waals surface area contributed by atoms with Gasteiger partial charge in [-0.05, 0) is 36.8 Å². The maximum atomic E-state index is 12.4. The lowest BCUT2D eigenvalue weighted by Gasteiger charge is -2.12. The van der Waals surface area contributed by atoms with Gasteiger partial charge in [-0.15, -0.1) is 0 Å². The van der Waals surface area contributed by atoms with E-state index >= 15 is 0 Å². The molecule has 3 aromatic rings. The first-order valence-electron chi connectivity index (χ1n) is 8.62. The standard InChI is InChI=1S/C21H18Cl2N2O3S/c1-15-7-9-19(10-8-15)29(26,27)25-24-13-17-11-18(22)12-20(23)21(17)28-14-16-5-3-2-4-6-16/h2-13,25H,14H2,1H3/b24-13-. The molecule has 0 aromatic heterocycles. The first-order valence-corrected chi connectivity index (χ1v) is 10.9. The highest BCUT2D eigenvalue weighted by molar-refractivity contribution is 7.89. The number of halogens is 2. The molecule has 0 atom stereocenters. The topological polar surface area (TPSA) is 67.8 Å². The van der Waals surface area contributed by atoms with E-state index in [0.29, 0.717) is 21.4 Å². The molecule has 150 valence electrons. The van der Waals surface area contributed by atoms with Gasteiger partial charge in [0.05, 0.1) is 16.1 Å². The van der Waals surface area contributed by atoms with Gasteiger partial charge in [0, 0.05) is 10.6 Å². The highest BCUT2D eigenvalue weighted by Crippen LogP contribution is 2.32. The molecule has 0 heterocycles. The highest BCUT2D eigenvalue weighted by Gasteiger charge is 2.13. The molecule has 0 saturated heterocycles. The Morgan fingerprint density at radius 1 is 1.03 bits per heavy atom. The molecular weight excluding hydrogens is 431 g/mol. The van der Waals surface area contributed by atoms with Gasteiger partial charge in [-0.1, -0.05) is 71.2 Å². The second kappa shape index (κ2) is 9.31. The van der Waals surface area contributed by atoms with Crippen LogP contribution >= 0.6 is 23.2 Å². The van der Waals surface area contributed by atoms with Gasteiger partial charge < -0.3 is 4.74 Å². The minimum atomic E-state index is -3.79. The number of nitrogens with one attached hydrogen (secondary N) is 1. The molecule has 0 unspecified atom stereocenters. The Labute approximate surface area is 180 Å². The second-order valence-electron chi connectivity index (χ2n) is 6.25. The van der Waals surface area contributed by atoms with Crippen LogP contribution in [-0.4, -0.2) is 14.6 Å². The molecule has 0 aliphatic carbocycles. The number of nitrogens with zero attached hydrogens (tertiary/aromatic N) is 1. The Kier molecular flexibility index (Phi) is 6.79. The molecule has 3 rings (SSSR count). The van der Waals surface area contributed by atoms with Crippen LogP contribution in [0.3, 0.4) is 0 Å². The summed E-state index contributed by atoms with van der Waals surface area (Å²) in [5, 5.41) is 4.53. The zero-order valence-corrected chi connectivity index (χ0v) is 17.8.